The van der Waals surface area contributed by atoms with Crippen molar-refractivity contribution in [3.8, 4) is 0 Å². The fourth-order valence-corrected chi connectivity index (χ4v) is 3.06. The summed E-state index contributed by atoms with van der Waals surface area (Å²) in [4.78, 5) is 29.4. The van der Waals surface area contributed by atoms with Gasteiger partial charge >= 0.3 is 11.9 Å². The van der Waals surface area contributed by atoms with Crippen molar-refractivity contribution in [1.29, 1.82) is 0 Å². The number of ether oxygens (including phenoxy) is 2. The van der Waals surface area contributed by atoms with Crippen molar-refractivity contribution in [2.24, 2.45) is 10.9 Å². The molecule has 7 heteroatoms. The monoisotopic (exact) mass is 346 g/mol. The van der Waals surface area contributed by atoms with Crippen LogP contribution in [0.15, 0.2) is 40.8 Å². The molecule has 2 rings (SSSR count). The minimum Gasteiger partial charge on any atom is -0.619 e. The van der Waals surface area contributed by atoms with Crippen LogP contribution in [0, 0.1) is 11.1 Å². The Kier molecular flexibility index (Phi) is 5.90. The average Bonchev–Trinajstić information content (AvgIpc) is 2.54. The Morgan fingerprint density at radius 2 is 1.92 bits per heavy atom. The van der Waals surface area contributed by atoms with Crippen LogP contribution in [-0.4, -0.2) is 30.9 Å². The van der Waals surface area contributed by atoms with E-state index in [9.17, 15) is 14.8 Å². The zero-order valence-electron chi connectivity index (χ0n) is 14.8. The number of allylic oxidation sites excluding steroid dienone is 1. The first-order chi connectivity index (χ1) is 11.9. The maximum Gasteiger partial charge on any atom is 0.336 e. The first kappa shape index (κ1) is 18.6. The van der Waals surface area contributed by atoms with Gasteiger partial charge in [-0.05, 0) is 33.8 Å². The van der Waals surface area contributed by atoms with Crippen LogP contribution in [0.3, 0.4) is 0 Å². The van der Waals surface area contributed by atoms with Crippen molar-refractivity contribution in [2.45, 2.75) is 33.6 Å². The summed E-state index contributed by atoms with van der Waals surface area (Å²) in [5, 5.41) is 11.7. The van der Waals surface area contributed by atoms with Gasteiger partial charge in [0.1, 0.15) is 5.92 Å². The first-order valence-electron chi connectivity index (χ1n) is 8.19. The summed E-state index contributed by atoms with van der Waals surface area (Å²) in [6.45, 7) is 7.24. The van der Waals surface area contributed by atoms with Crippen LogP contribution in [0.1, 0.15) is 39.2 Å². The van der Waals surface area contributed by atoms with E-state index < -0.39 is 23.8 Å². The van der Waals surface area contributed by atoms with Crippen LogP contribution < -0.4 is 4.73 Å². The van der Waals surface area contributed by atoms with Gasteiger partial charge in [-0.3, -0.25) is 9.79 Å². The molecule has 0 spiro atoms. The Morgan fingerprint density at radius 1 is 1.24 bits per heavy atom. The van der Waals surface area contributed by atoms with Crippen molar-refractivity contribution in [2.75, 3.05) is 13.2 Å². The molecule has 0 saturated heterocycles. The molecule has 1 aliphatic rings. The molecule has 7 nitrogen and oxygen atoms in total. The van der Waals surface area contributed by atoms with Gasteiger partial charge in [0.25, 0.3) is 0 Å². The standard InChI is InChI=1S/C18H22N2O5/c1-5-24-17(21)14-11(3)19-12(4)15(18(22)25-6-2)16(14)13-8-7-9-20(23)10-13/h7-10,14,16H,5-6H2,1-4H3. The minimum absolute atomic E-state index is 0.200. The van der Waals surface area contributed by atoms with Crippen LogP contribution >= 0.6 is 0 Å². The van der Waals surface area contributed by atoms with Crippen molar-refractivity contribution in [3.63, 3.8) is 0 Å². The molecule has 134 valence electrons. The average molecular weight is 346 g/mol. The number of hydrogen-bond donors (Lipinski definition) is 0. The largest absolute Gasteiger partial charge is 0.619 e. The second-order valence-corrected chi connectivity index (χ2v) is 5.68. The van der Waals surface area contributed by atoms with Crippen LogP contribution in [0.5, 0.6) is 0 Å². The van der Waals surface area contributed by atoms with Crippen molar-refractivity contribution in [3.05, 3.63) is 46.6 Å². The molecule has 0 N–H and O–H groups in total. The number of carbonyl (C=O) groups excluding carboxylic acids is 2. The molecule has 0 aliphatic carbocycles. The fourth-order valence-electron chi connectivity index (χ4n) is 3.06. The van der Waals surface area contributed by atoms with Crippen LogP contribution in [0.2, 0.25) is 0 Å². The Hall–Kier alpha value is -2.70. The second-order valence-electron chi connectivity index (χ2n) is 5.68. The molecule has 0 bridgehead atoms. The highest BCUT2D eigenvalue weighted by Gasteiger charge is 2.43. The predicted molar refractivity (Wildman–Crippen MR) is 90.7 cm³/mol. The molecule has 25 heavy (non-hydrogen) atoms. The number of carbonyl (C=O) groups is 2. The van der Waals surface area contributed by atoms with Gasteiger partial charge in [-0.15, -0.1) is 0 Å². The Bertz CT molecular complexity index is 739. The molecular weight excluding hydrogens is 324 g/mol. The molecule has 2 unspecified atom stereocenters. The highest BCUT2D eigenvalue weighted by molar-refractivity contribution is 6.06. The summed E-state index contributed by atoms with van der Waals surface area (Å²) in [5.74, 6) is -2.50. The summed E-state index contributed by atoms with van der Waals surface area (Å²) in [6.07, 6.45) is 2.69. The zero-order valence-corrected chi connectivity index (χ0v) is 14.8. The lowest BCUT2D eigenvalue weighted by molar-refractivity contribution is -0.605. The van der Waals surface area contributed by atoms with E-state index in [2.05, 4.69) is 4.99 Å². The van der Waals surface area contributed by atoms with Crippen LogP contribution in [-0.2, 0) is 19.1 Å². The normalized spacial score (nSPS) is 20.1. The molecule has 2 atom stereocenters. The molecule has 0 radical (unpaired) electrons. The number of rotatable bonds is 5. The lowest BCUT2D eigenvalue weighted by Gasteiger charge is -2.30. The number of nitrogens with zero attached hydrogens (tertiary/aromatic N) is 2. The molecular formula is C18H22N2O5. The van der Waals surface area contributed by atoms with Gasteiger partial charge in [-0.2, -0.15) is 4.73 Å². The number of aliphatic imine (C=N–C) groups is 1. The highest BCUT2D eigenvalue weighted by Crippen LogP contribution is 2.39. The molecule has 1 aromatic heterocycles. The fraction of sp³-hybridized carbons (Fsp3) is 0.444. The molecule has 2 heterocycles. The summed E-state index contributed by atoms with van der Waals surface area (Å²) in [7, 11) is 0. The lowest BCUT2D eigenvalue weighted by Crippen LogP contribution is -2.38. The molecule has 1 aromatic rings. The van der Waals surface area contributed by atoms with Gasteiger partial charge in [-0.1, -0.05) is 0 Å². The van der Waals surface area contributed by atoms with Crippen molar-refractivity contribution in [1.82, 2.24) is 0 Å². The number of aromatic nitrogens is 1. The van der Waals surface area contributed by atoms with E-state index >= 15 is 0 Å². The smallest absolute Gasteiger partial charge is 0.336 e. The van der Waals surface area contributed by atoms with E-state index in [1.165, 1.54) is 12.4 Å². The Balaban J connectivity index is 2.62. The summed E-state index contributed by atoms with van der Waals surface area (Å²) in [6, 6.07) is 3.28. The molecule has 0 aromatic carbocycles. The minimum atomic E-state index is -0.787. The zero-order chi connectivity index (χ0) is 18.6. The summed E-state index contributed by atoms with van der Waals surface area (Å²) >= 11 is 0. The van der Waals surface area contributed by atoms with E-state index in [0.29, 0.717) is 21.7 Å². The second kappa shape index (κ2) is 7.92. The molecule has 0 saturated carbocycles. The number of pyridine rings is 1. The third kappa shape index (κ3) is 3.87. The van der Waals surface area contributed by atoms with Gasteiger partial charge < -0.3 is 14.7 Å². The highest BCUT2D eigenvalue weighted by atomic mass is 16.5. The predicted octanol–water partition coefficient (Wildman–Crippen LogP) is 1.89. The number of hydrogen-bond acceptors (Lipinski definition) is 6. The van der Waals surface area contributed by atoms with Gasteiger partial charge in [0.15, 0.2) is 12.4 Å². The van der Waals surface area contributed by atoms with Crippen molar-refractivity contribution >= 4 is 17.7 Å². The summed E-state index contributed by atoms with van der Waals surface area (Å²) in [5.41, 5.74) is 1.82. The van der Waals surface area contributed by atoms with Crippen LogP contribution in [0.4, 0.5) is 0 Å². The summed E-state index contributed by atoms with van der Waals surface area (Å²) < 4.78 is 11.0. The van der Waals surface area contributed by atoms with E-state index in [-0.39, 0.29) is 18.8 Å². The van der Waals surface area contributed by atoms with E-state index in [1.807, 2.05) is 0 Å². The third-order valence-corrected chi connectivity index (χ3v) is 4.02. The van der Waals surface area contributed by atoms with E-state index in [0.717, 1.165) is 0 Å². The van der Waals surface area contributed by atoms with E-state index in [4.69, 9.17) is 9.47 Å². The van der Waals surface area contributed by atoms with Crippen molar-refractivity contribution < 1.29 is 23.8 Å². The first-order valence-corrected chi connectivity index (χ1v) is 8.19. The molecule has 0 fully saturated rings. The maximum absolute atomic E-state index is 12.5. The third-order valence-electron chi connectivity index (χ3n) is 4.02. The van der Waals surface area contributed by atoms with Crippen LogP contribution in [0.25, 0.3) is 0 Å². The SMILES string of the molecule is CCOC(=O)C1=C(C)N=C(C)C(C(=O)OCC)C1c1ccc[n+]([O-])c1. The molecule has 1 aliphatic heterocycles. The van der Waals surface area contributed by atoms with Gasteiger partial charge in [0.05, 0.1) is 18.8 Å². The quantitative estimate of drug-likeness (QED) is 0.461. The van der Waals surface area contributed by atoms with Gasteiger partial charge in [0.2, 0.25) is 0 Å². The number of esters is 2. The van der Waals surface area contributed by atoms with Gasteiger partial charge in [-0.25, -0.2) is 4.79 Å². The Labute approximate surface area is 146 Å². The topological polar surface area (TPSA) is 91.9 Å². The van der Waals surface area contributed by atoms with E-state index in [1.54, 1.807) is 39.8 Å². The lowest BCUT2D eigenvalue weighted by atomic mass is 9.76. The maximum atomic E-state index is 12.5. The Morgan fingerprint density at radius 3 is 2.52 bits per heavy atom. The molecule has 0 amide bonds. The van der Waals surface area contributed by atoms with Gasteiger partial charge in [0, 0.05) is 29.0 Å².